The molecule has 0 rings (SSSR count). The number of amides is 1. The van der Waals surface area contributed by atoms with E-state index >= 15 is 0 Å². The van der Waals surface area contributed by atoms with Crippen molar-refractivity contribution in [2.75, 3.05) is 66.0 Å². The summed E-state index contributed by atoms with van der Waals surface area (Å²) < 4.78 is 21.2. The first-order valence-electron chi connectivity index (χ1n) is 14.4. The number of ether oxygens (including phenoxy) is 4. The van der Waals surface area contributed by atoms with Crippen LogP contribution in [0.15, 0.2) is 12.2 Å². The first-order chi connectivity index (χ1) is 18.2. The Morgan fingerprint density at radius 2 is 1.27 bits per heavy atom. The minimum Gasteiger partial charge on any atom is -0.394 e. The summed E-state index contributed by atoms with van der Waals surface area (Å²) >= 11 is 0. The molecule has 0 bridgehead atoms. The van der Waals surface area contributed by atoms with Crippen molar-refractivity contribution in [3.05, 3.63) is 12.2 Å². The van der Waals surface area contributed by atoms with Gasteiger partial charge in [-0.2, -0.15) is 0 Å². The summed E-state index contributed by atoms with van der Waals surface area (Å²) in [6.45, 7) is 5.25. The molecule has 2 atom stereocenters. The molecule has 9 nitrogen and oxygen atoms in total. The van der Waals surface area contributed by atoms with Gasteiger partial charge in [-0.3, -0.25) is 4.79 Å². The Labute approximate surface area is 225 Å². The Bertz CT molecular complexity index is 509. The van der Waals surface area contributed by atoms with E-state index in [0.717, 1.165) is 12.8 Å². The molecule has 0 aliphatic carbocycles. The minimum absolute atomic E-state index is 0.163. The normalized spacial score (nSPS) is 13.3. The van der Waals surface area contributed by atoms with E-state index in [1.165, 1.54) is 64.2 Å². The number of nitrogens with one attached hydrogen (secondary N) is 1. The molecule has 0 saturated heterocycles. The lowest BCUT2D eigenvalue weighted by Crippen LogP contribution is -2.46. The molecule has 0 spiro atoms. The zero-order chi connectivity index (χ0) is 27.2. The first-order valence-corrected chi connectivity index (χ1v) is 14.4. The third-order valence-electron chi connectivity index (χ3n) is 5.87. The van der Waals surface area contributed by atoms with Crippen molar-refractivity contribution in [3.63, 3.8) is 0 Å². The number of carbonyl (C=O) groups is 1. The smallest absolute Gasteiger partial charge is 0.246 e. The van der Waals surface area contributed by atoms with E-state index in [2.05, 4.69) is 12.2 Å². The average Bonchev–Trinajstić information content (AvgIpc) is 2.90. The van der Waals surface area contributed by atoms with Crippen molar-refractivity contribution in [1.29, 1.82) is 0 Å². The SMILES string of the molecule is CCCCCCCCCCCCC/C=C/[C@@H](O)[C@H](CO)NC(=O)COCCOCCOCCOCCN. The fourth-order valence-corrected chi connectivity index (χ4v) is 3.69. The van der Waals surface area contributed by atoms with Gasteiger partial charge < -0.3 is 40.2 Å². The summed E-state index contributed by atoms with van der Waals surface area (Å²) in [5, 5.41) is 22.4. The van der Waals surface area contributed by atoms with Crippen LogP contribution >= 0.6 is 0 Å². The Kier molecular flexibility index (Phi) is 28.6. The molecule has 0 fully saturated rings. The van der Waals surface area contributed by atoms with Crippen LogP contribution in [0, 0.1) is 0 Å². The highest BCUT2D eigenvalue weighted by molar-refractivity contribution is 5.77. The van der Waals surface area contributed by atoms with Gasteiger partial charge in [0.25, 0.3) is 0 Å². The number of hydrogen-bond donors (Lipinski definition) is 4. The predicted octanol–water partition coefficient (Wildman–Crippen LogP) is 3.11. The van der Waals surface area contributed by atoms with Gasteiger partial charge in [-0.25, -0.2) is 0 Å². The summed E-state index contributed by atoms with van der Waals surface area (Å²) in [6.07, 6.45) is 17.8. The quantitative estimate of drug-likeness (QED) is 0.0853. The Hall–Kier alpha value is -1.07. The van der Waals surface area contributed by atoms with Crippen molar-refractivity contribution in [3.8, 4) is 0 Å². The zero-order valence-corrected chi connectivity index (χ0v) is 23.4. The van der Waals surface area contributed by atoms with Crippen LogP contribution in [-0.4, -0.2) is 94.3 Å². The Balaban J connectivity index is 3.65. The molecule has 0 saturated carbocycles. The lowest BCUT2D eigenvalue weighted by atomic mass is 10.0. The van der Waals surface area contributed by atoms with Gasteiger partial charge in [-0.15, -0.1) is 0 Å². The fourth-order valence-electron chi connectivity index (χ4n) is 3.69. The summed E-state index contributed by atoms with van der Waals surface area (Å²) in [6, 6.07) is -0.757. The van der Waals surface area contributed by atoms with E-state index in [4.69, 9.17) is 24.7 Å². The average molecular weight is 533 g/mol. The van der Waals surface area contributed by atoms with E-state index in [1.54, 1.807) is 6.08 Å². The minimum atomic E-state index is -0.939. The summed E-state index contributed by atoms with van der Waals surface area (Å²) in [5.41, 5.74) is 5.32. The molecule has 0 heterocycles. The molecule has 5 N–H and O–H groups in total. The van der Waals surface area contributed by atoms with Gasteiger partial charge >= 0.3 is 0 Å². The van der Waals surface area contributed by atoms with Crippen LogP contribution < -0.4 is 11.1 Å². The molecule has 0 aliphatic rings. The van der Waals surface area contributed by atoms with E-state index < -0.39 is 18.1 Å². The van der Waals surface area contributed by atoms with Crippen LogP contribution in [0.3, 0.4) is 0 Å². The topological polar surface area (TPSA) is 133 Å². The molecule has 0 aliphatic heterocycles. The molecule has 0 aromatic carbocycles. The Morgan fingerprint density at radius 3 is 1.78 bits per heavy atom. The number of aliphatic hydroxyl groups excluding tert-OH is 2. The molecule has 0 unspecified atom stereocenters. The monoisotopic (exact) mass is 532 g/mol. The van der Waals surface area contributed by atoms with Gasteiger partial charge in [-0.05, 0) is 12.8 Å². The molecule has 1 amide bonds. The van der Waals surface area contributed by atoms with Crippen molar-refractivity contribution < 1.29 is 34.0 Å². The Morgan fingerprint density at radius 1 is 0.784 bits per heavy atom. The highest BCUT2D eigenvalue weighted by atomic mass is 16.6. The van der Waals surface area contributed by atoms with Crippen molar-refractivity contribution in [2.45, 2.75) is 96.1 Å². The van der Waals surface area contributed by atoms with E-state index in [9.17, 15) is 15.0 Å². The summed E-state index contributed by atoms with van der Waals surface area (Å²) in [5.74, 6) is -0.391. The van der Waals surface area contributed by atoms with Crippen LogP contribution in [0.2, 0.25) is 0 Å². The molecular weight excluding hydrogens is 476 g/mol. The maximum atomic E-state index is 12.0. The van der Waals surface area contributed by atoms with Crippen LogP contribution in [0.5, 0.6) is 0 Å². The number of unbranched alkanes of at least 4 members (excludes halogenated alkanes) is 11. The zero-order valence-electron chi connectivity index (χ0n) is 23.4. The number of hydrogen-bond acceptors (Lipinski definition) is 8. The molecule has 9 heteroatoms. The highest BCUT2D eigenvalue weighted by Crippen LogP contribution is 2.12. The number of rotatable bonds is 29. The van der Waals surface area contributed by atoms with Gasteiger partial charge in [0, 0.05) is 6.54 Å². The molecular formula is C28H56N2O7. The predicted molar refractivity (Wildman–Crippen MR) is 148 cm³/mol. The largest absolute Gasteiger partial charge is 0.394 e. The van der Waals surface area contributed by atoms with Gasteiger partial charge in [0.1, 0.15) is 6.61 Å². The molecule has 0 radical (unpaired) electrons. The van der Waals surface area contributed by atoms with Gasteiger partial charge in [-0.1, -0.05) is 83.3 Å². The van der Waals surface area contributed by atoms with Crippen LogP contribution in [-0.2, 0) is 23.7 Å². The van der Waals surface area contributed by atoms with Gasteiger partial charge in [0.2, 0.25) is 5.91 Å². The molecule has 0 aromatic rings. The lowest BCUT2D eigenvalue weighted by molar-refractivity contribution is -0.128. The van der Waals surface area contributed by atoms with Gasteiger partial charge in [0.15, 0.2) is 0 Å². The second-order valence-electron chi connectivity index (χ2n) is 9.28. The molecule has 0 aromatic heterocycles. The van der Waals surface area contributed by atoms with Crippen molar-refractivity contribution in [1.82, 2.24) is 5.32 Å². The van der Waals surface area contributed by atoms with E-state index in [1.807, 2.05) is 6.08 Å². The highest BCUT2D eigenvalue weighted by Gasteiger charge is 2.18. The number of carbonyl (C=O) groups excluding carboxylic acids is 1. The second kappa shape index (κ2) is 29.5. The second-order valence-corrected chi connectivity index (χ2v) is 9.28. The van der Waals surface area contributed by atoms with E-state index in [0.29, 0.717) is 46.2 Å². The summed E-state index contributed by atoms with van der Waals surface area (Å²) in [7, 11) is 0. The number of allylic oxidation sites excluding steroid dienone is 1. The molecule has 220 valence electrons. The van der Waals surface area contributed by atoms with Gasteiger partial charge in [0.05, 0.1) is 65.0 Å². The number of nitrogens with two attached hydrogens (primary N) is 1. The van der Waals surface area contributed by atoms with Crippen molar-refractivity contribution in [2.24, 2.45) is 5.73 Å². The van der Waals surface area contributed by atoms with Crippen LogP contribution in [0.4, 0.5) is 0 Å². The van der Waals surface area contributed by atoms with Crippen molar-refractivity contribution >= 4 is 5.91 Å². The number of aliphatic hydroxyl groups is 2. The van der Waals surface area contributed by atoms with E-state index in [-0.39, 0.29) is 19.8 Å². The standard InChI is InChI=1S/C28H56N2O7/c1-2-3-4-5-6-7-8-9-10-11-12-13-14-15-27(32)26(24-31)30-28(33)25-37-23-22-36-21-20-35-19-18-34-17-16-29/h14-15,26-27,31-32H,2-13,16-25,29H2,1H3,(H,30,33)/b15-14+/t26-,27+/m0/s1. The first kappa shape index (κ1) is 35.9. The fraction of sp³-hybridized carbons (Fsp3) is 0.893. The molecule has 37 heavy (non-hydrogen) atoms. The summed E-state index contributed by atoms with van der Waals surface area (Å²) in [4.78, 5) is 12.0. The van der Waals surface area contributed by atoms with Crippen LogP contribution in [0.1, 0.15) is 84.0 Å². The maximum absolute atomic E-state index is 12.0. The third-order valence-corrected chi connectivity index (χ3v) is 5.87. The lowest BCUT2D eigenvalue weighted by Gasteiger charge is -2.19. The third kappa shape index (κ3) is 26.3. The van der Waals surface area contributed by atoms with Crippen LogP contribution in [0.25, 0.3) is 0 Å². The maximum Gasteiger partial charge on any atom is 0.246 e.